The number of nitrogens with zero attached hydrogens (tertiary/aromatic N) is 7. The molecule has 0 aliphatic rings. The van der Waals surface area contributed by atoms with Crippen molar-refractivity contribution in [3.63, 3.8) is 0 Å². The van der Waals surface area contributed by atoms with Crippen LogP contribution in [0.15, 0.2) is 48.2 Å². The molecule has 0 saturated heterocycles. The van der Waals surface area contributed by atoms with E-state index < -0.39 is 5.41 Å². The highest BCUT2D eigenvalue weighted by Crippen LogP contribution is 2.34. The molecule has 0 fully saturated rings. The lowest BCUT2D eigenvalue weighted by Crippen LogP contribution is -2.37. The molecule has 0 saturated carbocycles. The van der Waals surface area contributed by atoms with Gasteiger partial charge in [-0.1, -0.05) is 19.9 Å². The van der Waals surface area contributed by atoms with Crippen LogP contribution in [0.1, 0.15) is 32.0 Å². The minimum Gasteiger partial charge on any atom is -0.577 e. The Hall–Kier alpha value is -4.15. The van der Waals surface area contributed by atoms with Crippen LogP contribution in [0.2, 0.25) is 0 Å². The van der Waals surface area contributed by atoms with E-state index in [0.717, 1.165) is 11.1 Å². The van der Waals surface area contributed by atoms with Crippen molar-refractivity contribution in [1.29, 1.82) is 5.41 Å². The molecule has 34 heavy (non-hydrogen) atoms. The first kappa shape index (κ1) is 24.5. The number of nitrogens with one attached hydrogen (secondary N) is 1. The summed E-state index contributed by atoms with van der Waals surface area (Å²) >= 11 is 0. The van der Waals surface area contributed by atoms with Crippen LogP contribution in [-0.4, -0.2) is 66.2 Å². The number of hydrogen-bond donors (Lipinski definition) is 2. The number of carbonyl (C=O) groups excluding carboxylic acids is 1. The van der Waals surface area contributed by atoms with Crippen molar-refractivity contribution in [2.45, 2.75) is 32.7 Å². The van der Waals surface area contributed by atoms with E-state index in [1.807, 2.05) is 32.9 Å². The van der Waals surface area contributed by atoms with Gasteiger partial charge >= 0.3 is 5.90 Å². The Kier molecular flexibility index (Phi) is 7.04. The monoisotopic (exact) mass is 464 g/mol. The van der Waals surface area contributed by atoms with Gasteiger partial charge in [-0.3, -0.25) is 15.2 Å². The van der Waals surface area contributed by atoms with E-state index in [1.165, 1.54) is 11.2 Å². The van der Waals surface area contributed by atoms with Gasteiger partial charge in [0, 0.05) is 44.4 Å². The summed E-state index contributed by atoms with van der Waals surface area (Å²) in [5, 5.41) is 17.1. The molecule has 0 aliphatic heterocycles. The third-order valence-electron chi connectivity index (χ3n) is 5.89. The number of amidine groups is 1. The third-order valence-corrected chi connectivity index (χ3v) is 5.89. The van der Waals surface area contributed by atoms with Crippen LogP contribution in [0.5, 0.6) is 0 Å². The average molecular weight is 465 g/mol. The zero-order valence-electron chi connectivity index (χ0n) is 19.9. The summed E-state index contributed by atoms with van der Waals surface area (Å²) in [7, 11) is 3.35. The van der Waals surface area contributed by atoms with E-state index in [9.17, 15) is 4.79 Å². The number of nitrogens with two attached hydrogens (primary N) is 1. The number of rotatable bonds is 7. The maximum atomic E-state index is 11.9. The van der Waals surface area contributed by atoms with Crippen molar-refractivity contribution in [1.82, 2.24) is 29.4 Å². The molecular formula is C23H30N9O2+. The average Bonchev–Trinajstić information content (AvgIpc) is 3.27. The number of carbonyl (C=O) groups is 1. The molecule has 3 heterocycles. The van der Waals surface area contributed by atoms with Gasteiger partial charge in [0.15, 0.2) is 5.69 Å². The molecule has 3 rings (SSSR count). The summed E-state index contributed by atoms with van der Waals surface area (Å²) in [6, 6.07) is 3.74. The van der Waals surface area contributed by atoms with Crippen molar-refractivity contribution in [3.05, 3.63) is 54.5 Å². The van der Waals surface area contributed by atoms with E-state index in [0.29, 0.717) is 11.4 Å². The first-order valence-corrected chi connectivity index (χ1v) is 10.7. The maximum absolute atomic E-state index is 11.9. The van der Waals surface area contributed by atoms with Gasteiger partial charge in [0.1, 0.15) is 12.4 Å². The van der Waals surface area contributed by atoms with Gasteiger partial charge in [-0.15, -0.1) is 4.99 Å². The number of pyridine rings is 1. The molecule has 1 unspecified atom stereocenters. The SMILES string of the molecule is CC(C)C(C)(C(=N)N=C([OH2+])c1cn(CC(=O)N(C)C)cn1)c1ccc(-c2cnc(N)nc2)nc1. The van der Waals surface area contributed by atoms with Crippen LogP contribution in [0, 0.1) is 11.3 Å². The molecule has 0 bridgehead atoms. The Labute approximate surface area is 197 Å². The molecule has 11 heteroatoms. The standard InChI is InChI=1S/C23H29N9O2/c1-14(2)23(3,16-6-7-17(26-10-16)15-8-27-22(25)28-9-15)21(24)30-20(34)18-11-32(13-29-18)12-19(33)31(4)5/h6-11,13-14H,12H2,1-5H3,(H2,24,30,34)(H2,25,27,28)/p+1. The lowest BCUT2D eigenvalue weighted by Gasteiger charge is -2.32. The zero-order chi connectivity index (χ0) is 25.0. The zero-order valence-corrected chi connectivity index (χ0v) is 19.9. The van der Waals surface area contributed by atoms with E-state index in [1.54, 1.807) is 43.4 Å². The second-order valence-corrected chi connectivity index (χ2v) is 8.65. The van der Waals surface area contributed by atoms with Crippen LogP contribution in [0.3, 0.4) is 0 Å². The van der Waals surface area contributed by atoms with Gasteiger partial charge in [-0.25, -0.2) is 15.0 Å². The maximum Gasteiger partial charge on any atom is 0.386 e. The smallest absolute Gasteiger partial charge is 0.386 e. The minimum atomic E-state index is -0.793. The van der Waals surface area contributed by atoms with Gasteiger partial charge < -0.3 is 20.3 Å². The lowest BCUT2D eigenvalue weighted by atomic mass is 9.73. The molecule has 11 nitrogen and oxygen atoms in total. The number of hydrogen-bond acceptors (Lipinski definition) is 7. The quantitative estimate of drug-likeness (QED) is 0.305. The number of imidazole rings is 1. The summed E-state index contributed by atoms with van der Waals surface area (Å²) in [6.45, 7) is 6.02. The van der Waals surface area contributed by atoms with Crippen LogP contribution < -0.4 is 5.73 Å². The predicted octanol–water partition coefficient (Wildman–Crippen LogP) is 1.47. The molecule has 5 N–H and O–H groups in total. The molecule has 3 aromatic rings. The largest absolute Gasteiger partial charge is 0.577 e. The fourth-order valence-corrected chi connectivity index (χ4v) is 3.24. The molecule has 0 spiro atoms. The van der Waals surface area contributed by atoms with Gasteiger partial charge in [0.25, 0.3) is 0 Å². The number of aliphatic imine (C=N–C) groups is 1. The molecule has 0 radical (unpaired) electrons. The third kappa shape index (κ3) is 5.08. The second-order valence-electron chi connectivity index (χ2n) is 8.65. The topological polar surface area (TPSA) is 162 Å². The predicted molar refractivity (Wildman–Crippen MR) is 131 cm³/mol. The van der Waals surface area contributed by atoms with E-state index >= 15 is 0 Å². The number of anilines is 1. The number of amides is 1. The Morgan fingerprint density at radius 3 is 2.44 bits per heavy atom. The highest BCUT2D eigenvalue weighted by molar-refractivity contribution is 6.03. The Balaban J connectivity index is 1.85. The molecule has 3 aromatic heterocycles. The minimum absolute atomic E-state index is 0.000623. The summed E-state index contributed by atoms with van der Waals surface area (Å²) in [5.41, 5.74) is 7.27. The Morgan fingerprint density at radius 2 is 1.88 bits per heavy atom. The first-order chi connectivity index (χ1) is 16.0. The molecule has 0 aromatic carbocycles. The van der Waals surface area contributed by atoms with Crippen LogP contribution >= 0.6 is 0 Å². The molecule has 178 valence electrons. The van der Waals surface area contributed by atoms with Gasteiger partial charge in [0.2, 0.25) is 11.9 Å². The van der Waals surface area contributed by atoms with E-state index in [4.69, 9.17) is 16.2 Å². The molecule has 0 aliphatic carbocycles. The van der Waals surface area contributed by atoms with Gasteiger partial charge in [-0.05, 0) is 24.5 Å². The molecular weight excluding hydrogens is 434 g/mol. The van der Waals surface area contributed by atoms with Crippen molar-refractivity contribution in [3.8, 4) is 11.3 Å². The fourth-order valence-electron chi connectivity index (χ4n) is 3.24. The van der Waals surface area contributed by atoms with Gasteiger partial charge in [-0.2, -0.15) is 0 Å². The highest BCUT2D eigenvalue weighted by atomic mass is 16.3. The second kappa shape index (κ2) is 9.77. The van der Waals surface area contributed by atoms with Crippen molar-refractivity contribution in [2.24, 2.45) is 10.9 Å². The summed E-state index contributed by atoms with van der Waals surface area (Å²) < 4.78 is 1.59. The lowest BCUT2D eigenvalue weighted by molar-refractivity contribution is -0.129. The summed E-state index contributed by atoms with van der Waals surface area (Å²) in [6.07, 6.45) is 7.99. The number of aromatic nitrogens is 5. The van der Waals surface area contributed by atoms with Crippen LogP contribution in [0.25, 0.3) is 11.3 Å². The number of likely N-dealkylation sites (N-methyl/N-ethyl adjacent to an activating group) is 1. The van der Waals surface area contributed by atoms with Crippen LogP contribution in [0.4, 0.5) is 5.95 Å². The normalized spacial score (nSPS) is 13.5. The van der Waals surface area contributed by atoms with E-state index in [-0.39, 0.29) is 36.1 Å². The van der Waals surface area contributed by atoms with E-state index in [2.05, 4.69) is 24.9 Å². The fraction of sp³-hybridized carbons (Fsp3) is 0.348. The molecule has 1 atom stereocenters. The Bertz CT molecular complexity index is 1200. The van der Waals surface area contributed by atoms with Gasteiger partial charge in [0.05, 0.1) is 17.4 Å². The highest BCUT2D eigenvalue weighted by Gasteiger charge is 2.37. The van der Waals surface area contributed by atoms with Crippen molar-refractivity contribution >= 4 is 23.6 Å². The van der Waals surface area contributed by atoms with Crippen molar-refractivity contribution in [2.75, 3.05) is 19.8 Å². The molecule has 1 amide bonds. The van der Waals surface area contributed by atoms with Crippen LogP contribution in [-0.2, 0) is 16.8 Å². The summed E-state index contributed by atoms with van der Waals surface area (Å²) in [4.78, 5) is 34.4. The van der Waals surface area contributed by atoms with Crippen molar-refractivity contribution < 1.29 is 9.90 Å². The summed E-state index contributed by atoms with van der Waals surface area (Å²) in [5.74, 6) is -0.0129. The first-order valence-electron chi connectivity index (χ1n) is 10.7. The number of nitrogen functional groups attached to an aromatic ring is 1. The Morgan fingerprint density at radius 1 is 1.21 bits per heavy atom.